The summed E-state index contributed by atoms with van der Waals surface area (Å²) in [5.41, 5.74) is 4.30. The van der Waals surface area contributed by atoms with Crippen molar-refractivity contribution in [2.75, 3.05) is 0 Å². The van der Waals surface area contributed by atoms with Crippen molar-refractivity contribution in [1.82, 2.24) is 5.16 Å². The third-order valence-corrected chi connectivity index (χ3v) is 2.78. The molecular formula is C12H13NOS. The van der Waals surface area contributed by atoms with E-state index in [-0.39, 0.29) is 0 Å². The molecule has 0 fully saturated rings. The van der Waals surface area contributed by atoms with Gasteiger partial charge in [-0.15, -0.1) is 0 Å². The number of thiol groups is 1. The molecule has 0 amide bonds. The fraction of sp³-hybridized carbons (Fsp3) is 0.250. The molecular weight excluding hydrogens is 206 g/mol. The second-order valence-corrected chi connectivity index (χ2v) is 3.92. The minimum absolute atomic E-state index is 0.612. The molecule has 1 heterocycles. The lowest BCUT2D eigenvalue weighted by Gasteiger charge is -1.98. The maximum Gasteiger partial charge on any atom is 0.170 e. The van der Waals surface area contributed by atoms with Crippen molar-refractivity contribution in [3.8, 4) is 11.3 Å². The van der Waals surface area contributed by atoms with E-state index in [2.05, 4.69) is 36.8 Å². The molecule has 1 aromatic carbocycles. The Morgan fingerprint density at radius 1 is 1.20 bits per heavy atom. The second kappa shape index (κ2) is 4.11. The number of rotatable bonds is 2. The lowest BCUT2D eigenvalue weighted by molar-refractivity contribution is 0.426. The molecule has 15 heavy (non-hydrogen) atoms. The Kier molecular flexibility index (Phi) is 2.82. The van der Waals surface area contributed by atoms with Crippen LogP contribution in [0.4, 0.5) is 0 Å². The van der Waals surface area contributed by atoms with Crippen molar-refractivity contribution in [2.45, 2.75) is 19.6 Å². The molecule has 1 aromatic heterocycles. The van der Waals surface area contributed by atoms with E-state index in [1.54, 1.807) is 0 Å². The van der Waals surface area contributed by atoms with E-state index in [9.17, 15) is 0 Å². The number of aryl methyl sites for hydroxylation is 1. The molecule has 0 spiro atoms. The number of benzene rings is 1. The number of aromatic nitrogens is 1. The zero-order valence-electron chi connectivity index (χ0n) is 8.82. The van der Waals surface area contributed by atoms with E-state index in [0.717, 1.165) is 22.6 Å². The summed E-state index contributed by atoms with van der Waals surface area (Å²) >= 11 is 4.20. The molecule has 2 rings (SSSR count). The topological polar surface area (TPSA) is 26.0 Å². The normalized spacial score (nSPS) is 10.6. The highest BCUT2D eigenvalue weighted by molar-refractivity contribution is 7.79. The van der Waals surface area contributed by atoms with Gasteiger partial charge in [0.15, 0.2) is 5.76 Å². The molecule has 78 valence electrons. The van der Waals surface area contributed by atoms with E-state index in [4.69, 9.17) is 4.52 Å². The van der Waals surface area contributed by atoms with Crippen molar-refractivity contribution in [3.05, 3.63) is 41.1 Å². The highest BCUT2D eigenvalue weighted by atomic mass is 32.1. The predicted octanol–water partition coefficient (Wildman–Crippen LogP) is 3.39. The lowest BCUT2D eigenvalue weighted by Crippen LogP contribution is -1.82. The summed E-state index contributed by atoms with van der Waals surface area (Å²) in [6.45, 7) is 4.08. The summed E-state index contributed by atoms with van der Waals surface area (Å²) in [5.74, 6) is 1.46. The number of hydrogen-bond donors (Lipinski definition) is 1. The molecule has 0 atom stereocenters. The van der Waals surface area contributed by atoms with Gasteiger partial charge in [-0.2, -0.15) is 12.6 Å². The molecule has 0 aliphatic rings. The Bertz CT molecular complexity index is 459. The van der Waals surface area contributed by atoms with Gasteiger partial charge >= 0.3 is 0 Å². The summed E-state index contributed by atoms with van der Waals surface area (Å²) in [4.78, 5) is 0. The third-order valence-electron chi connectivity index (χ3n) is 2.48. The zero-order valence-corrected chi connectivity index (χ0v) is 9.71. The van der Waals surface area contributed by atoms with E-state index in [1.165, 1.54) is 5.56 Å². The van der Waals surface area contributed by atoms with Gasteiger partial charge in [0.1, 0.15) is 0 Å². The predicted molar refractivity (Wildman–Crippen MR) is 64.1 cm³/mol. The van der Waals surface area contributed by atoms with Gasteiger partial charge in [0.2, 0.25) is 0 Å². The highest BCUT2D eigenvalue weighted by Gasteiger charge is 2.11. The average molecular weight is 219 g/mol. The highest BCUT2D eigenvalue weighted by Crippen LogP contribution is 2.26. The van der Waals surface area contributed by atoms with Gasteiger partial charge in [-0.25, -0.2) is 0 Å². The van der Waals surface area contributed by atoms with Crippen LogP contribution in [0.2, 0.25) is 0 Å². The molecule has 2 aromatic rings. The van der Waals surface area contributed by atoms with Crippen LogP contribution in [0, 0.1) is 13.8 Å². The Balaban J connectivity index is 2.45. The maximum atomic E-state index is 5.31. The van der Waals surface area contributed by atoms with Gasteiger partial charge in [0.25, 0.3) is 0 Å². The number of hydrogen-bond acceptors (Lipinski definition) is 3. The Labute approximate surface area is 94.7 Å². The Morgan fingerprint density at radius 2 is 1.87 bits per heavy atom. The summed E-state index contributed by atoms with van der Waals surface area (Å²) in [5, 5.41) is 3.98. The van der Waals surface area contributed by atoms with Gasteiger partial charge in [0, 0.05) is 16.9 Å². The summed E-state index contributed by atoms with van der Waals surface area (Å²) in [6, 6.07) is 8.23. The SMILES string of the molecule is Cc1ccc(-c2onc(CS)c2C)cc1. The quantitative estimate of drug-likeness (QED) is 0.783. The fourth-order valence-electron chi connectivity index (χ4n) is 1.49. The van der Waals surface area contributed by atoms with Crippen molar-refractivity contribution in [2.24, 2.45) is 0 Å². The summed E-state index contributed by atoms with van der Waals surface area (Å²) in [7, 11) is 0. The summed E-state index contributed by atoms with van der Waals surface area (Å²) < 4.78 is 5.31. The first-order valence-corrected chi connectivity index (χ1v) is 5.48. The van der Waals surface area contributed by atoms with Crippen molar-refractivity contribution >= 4 is 12.6 Å². The van der Waals surface area contributed by atoms with E-state index >= 15 is 0 Å². The van der Waals surface area contributed by atoms with Crippen LogP contribution >= 0.6 is 12.6 Å². The monoisotopic (exact) mass is 219 g/mol. The van der Waals surface area contributed by atoms with E-state index in [0.29, 0.717) is 5.75 Å². The van der Waals surface area contributed by atoms with Crippen LogP contribution in [0.3, 0.4) is 0 Å². The van der Waals surface area contributed by atoms with Gasteiger partial charge in [-0.05, 0) is 13.8 Å². The smallest absolute Gasteiger partial charge is 0.170 e. The average Bonchev–Trinajstić information content (AvgIpc) is 2.61. The third kappa shape index (κ3) is 1.92. The van der Waals surface area contributed by atoms with Gasteiger partial charge in [0.05, 0.1) is 5.69 Å². The minimum atomic E-state index is 0.612. The Hall–Kier alpha value is -1.22. The minimum Gasteiger partial charge on any atom is -0.356 e. The Morgan fingerprint density at radius 3 is 2.40 bits per heavy atom. The second-order valence-electron chi connectivity index (χ2n) is 3.61. The van der Waals surface area contributed by atoms with Crippen molar-refractivity contribution < 1.29 is 4.52 Å². The lowest BCUT2D eigenvalue weighted by atomic mass is 10.1. The van der Waals surface area contributed by atoms with E-state index in [1.807, 2.05) is 19.1 Å². The van der Waals surface area contributed by atoms with Gasteiger partial charge < -0.3 is 4.52 Å². The van der Waals surface area contributed by atoms with Crippen LogP contribution in [0.5, 0.6) is 0 Å². The van der Waals surface area contributed by atoms with Crippen LogP contribution in [0.15, 0.2) is 28.8 Å². The molecule has 0 aliphatic heterocycles. The first-order valence-electron chi connectivity index (χ1n) is 4.85. The van der Waals surface area contributed by atoms with Crippen LogP contribution in [-0.4, -0.2) is 5.16 Å². The fourth-order valence-corrected chi connectivity index (χ4v) is 1.79. The van der Waals surface area contributed by atoms with E-state index < -0.39 is 0 Å². The molecule has 2 nitrogen and oxygen atoms in total. The number of nitrogens with zero attached hydrogens (tertiary/aromatic N) is 1. The first-order chi connectivity index (χ1) is 7.22. The van der Waals surface area contributed by atoms with Crippen LogP contribution in [0.25, 0.3) is 11.3 Å². The molecule has 0 bridgehead atoms. The molecule has 0 saturated carbocycles. The first kappa shape index (κ1) is 10.3. The zero-order chi connectivity index (χ0) is 10.8. The van der Waals surface area contributed by atoms with Crippen LogP contribution in [-0.2, 0) is 5.75 Å². The van der Waals surface area contributed by atoms with Crippen LogP contribution in [0.1, 0.15) is 16.8 Å². The molecule has 0 saturated heterocycles. The summed E-state index contributed by atoms with van der Waals surface area (Å²) in [6.07, 6.45) is 0. The molecule has 0 unspecified atom stereocenters. The standard InChI is InChI=1S/C12H13NOS/c1-8-3-5-10(6-4-8)12-9(2)11(7-15)13-14-12/h3-6,15H,7H2,1-2H3. The largest absolute Gasteiger partial charge is 0.356 e. The van der Waals surface area contributed by atoms with Crippen LogP contribution < -0.4 is 0 Å². The van der Waals surface area contributed by atoms with Gasteiger partial charge in [-0.3, -0.25) is 0 Å². The maximum absolute atomic E-state index is 5.31. The molecule has 0 N–H and O–H groups in total. The molecule has 3 heteroatoms. The molecule has 0 aliphatic carbocycles. The molecule has 0 radical (unpaired) electrons. The van der Waals surface area contributed by atoms with Crippen molar-refractivity contribution in [3.63, 3.8) is 0 Å². The van der Waals surface area contributed by atoms with Crippen molar-refractivity contribution in [1.29, 1.82) is 0 Å². The van der Waals surface area contributed by atoms with Gasteiger partial charge in [-0.1, -0.05) is 35.0 Å².